The summed E-state index contributed by atoms with van der Waals surface area (Å²) in [6, 6.07) is -0.699. The first kappa shape index (κ1) is 16.8. The number of rotatable bonds is 7. The first-order valence-electron chi connectivity index (χ1n) is 6.82. The Labute approximate surface area is 123 Å². The third-order valence-corrected chi connectivity index (χ3v) is 4.50. The second kappa shape index (κ2) is 8.14. The molecule has 0 heterocycles. The van der Waals surface area contributed by atoms with Crippen molar-refractivity contribution in [1.82, 2.24) is 10.6 Å². The maximum absolute atomic E-state index is 11.9. The Bertz CT molecular complexity index is 369. The number of nitrogens with one attached hydrogen (secondary N) is 2. The van der Waals surface area contributed by atoms with Crippen molar-refractivity contribution in [2.24, 2.45) is 0 Å². The summed E-state index contributed by atoms with van der Waals surface area (Å²) in [5.41, 5.74) is 0. The maximum atomic E-state index is 11.9. The van der Waals surface area contributed by atoms with Crippen LogP contribution in [0.15, 0.2) is 0 Å². The van der Waals surface area contributed by atoms with Gasteiger partial charge in [0.2, 0.25) is 11.8 Å². The van der Waals surface area contributed by atoms with Gasteiger partial charge in [-0.1, -0.05) is 12.8 Å². The summed E-state index contributed by atoms with van der Waals surface area (Å²) in [5, 5.41) is 14.0. The van der Waals surface area contributed by atoms with Gasteiger partial charge in [0.05, 0.1) is 5.25 Å². The second-order valence-electron chi connectivity index (χ2n) is 5.06. The highest BCUT2D eigenvalue weighted by Crippen LogP contribution is 2.19. The van der Waals surface area contributed by atoms with Crippen molar-refractivity contribution in [3.63, 3.8) is 0 Å². The van der Waals surface area contributed by atoms with Gasteiger partial charge in [0.15, 0.2) is 0 Å². The summed E-state index contributed by atoms with van der Waals surface area (Å²) in [4.78, 5) is 33.8. The van der Waals surface area contributed by atoms with Crippen LogP contribution >= 0.6 is 11.8 Å². The fourth-order valence-electron chi connectivity index (χ4n) is 2.12. The lowest BCUT2D eigenvalue weighted by atomic mass is 10.2. The minimum Gasteiger partial charge on any atom is -0.480 e. The van der Waals surface area contributed by atoms with Gasteiger partial charge in [-0.25, -0.2) is 4.79 Å². The molecule has 1 aliphatic rings. The molecule has 0 spiro atoms. The number of hydrogen-bond acceptors (Lipinski definition) is 4. The van der Waals surface area contributed by atoms with Crippen molar-refractivity contribution in [1.29, 1.82) is 0 Å². The third-order valence-electron chi connectivity index (χ3n) is 3.26. The number of thioether (sulfide) groups is 1. The molecule has 0 bridgehead atoms. The molecule has 0 aromatic heterocycles. The summed E-state index contributed by atoms with van der Waals surface area (Å²) in [7, 11) is 0. The van der Waals surface area contributed by atoms with Crippen LogP contribution in [0.1, 0.15) is 39.5 Å². The van der Waals surface area contributed by atoms with Crippen LogP contribution < -0.4 is 10.6 Å². The topological polar surface area (TPSA) is 95.5 Å². The largest absolute Gasteiger partial charge is 0.480 e. The van der Waals surface area contributed by atoms with E-state index in [2.05, 4.69) is 10.6 Å². The molecule has 0 aliphatic heterocycles. The number of carboxylic acids is 1. The molecule has 0 aromatic carbocycles. The van der Waals surface area contributed by atoms with Gasteiger partial charge >= 0.3 is 5.97 Å². The second-order valence-corrected chi connectivity index (χ2v) is 6.43. The standard InChI is InChI=1S/C13H22N2O4S/c1-8(12(17)15-10-5-3-4-6-10)20-7-11(13(18)19)14-9(2)16/h8,10-11H,3-7H2,1-2H3,(H,14,16)(H,15,17)(H,18,19). The summed E-state index contributed by atoms with van der Waals surface area (Å²) in [5.74, 6) is -1.36. The minimum absolute atomic E-state index is 0.0612. The minimum atomic E-state index is -1.09. The van der Waals surface area contributed by atoms with E-state index in [9.17, 15) is 14.4 Å². The fourth-order valence-corrected chi connectivity index (χ4v) is 3.05. The lowest BCUT2D eigenvalue weighted by Crippen LogP contribution is -2.43. The van der Waals surface area contributed by atoms with E-state index in [-0.39, 0.29) is 28.9 Å². The average Bonchev–Trinajstić information content (AvgIpc) is 2.85. The summed E-state index contributed by atoms with van der Waals surface area (Å²) < 4.78 is 0. The van der Waals surface area contributed by atoms with E-state index in [0.29, 0.717) is 0 Å². The Kier molecular flexibility index (Phi) is 6.84. The van der Waals surface area contributed by atoms with Crippen LogP contribution in [0.5, 0.6) is 0 Å². The quantitative estimate of drug-likeness (QED) is 0.645. The van der Waals surface area contributed by atoms with Crippen molar-refractivity contribution < 1.29 is 19.5 Å². The van der Waals surface area contributed by atoms with Crippen LogP contribution in [0.25, 0.3) is 0 Å². The zero-order valence-corrected chi connectivity index (χ0v) is 12.7. The monoisotopic (exact) mass is 302 g/mol. The molecule has 2 atom stereocenters. The Balaban J connectivity index is 2.35. The van der Waals surface area contributed by atoms with E-state index in [1.54, 1.807) is 6.92 Å². The van der Waals surface area contributed by atoms with E-state index in [4.69, 9.17) is 5.11 Å². The fraction of sp³-hybridized carbons (Fsp3) is 0.769. The average molecular weight is 302 g/mol. The van der Waals surface area contributed by atoms with Crippen molar-refractivity contribution in [2.45, 2.75) is 56.9 Å². The molecule has 0 saturated heterocycles. The molecule has 3 N–H and O–H groups in total. The normalized spacial score (nSPS) is 18.3. The Hall–Kier alpha value is -1.24. The molecule has 1 saturated carbocycles. The predicted octanol–water partition coefficient (Wildman–Crippen LogP) is 0.756. The molecule has 7 heteroatoms. The van der Waals surface area contributed by atoms with Crippen LogP contribution in [0.3, 0.4) is 0 Å². The predicted molar refractivity (Wildman–Crippen MR) is 77.6 cm³/mol. The number of carboxylic acid groups (broad SMARTS) is 1. The van der Waals surface area contributed by atoms with E-state index in [1.807, 2.05) is 0 Å². The molecular formula is C13H22N2O4S. The van der Waals surface area contributed by atoms with Crippen molar-refractivity contribution >= 4 is 29.5 Å². The van der Waals surface area contributed by atoms with Crippen LogP contribution in [0.4, 0.5) is 0 Å². The highest BCUT2D eigenvalue weighted by molar-refractivity contribution is 8.00. The van der Waals surface area contributed by atoms with Gasteiger partial charge in [0, 0.05) is 18.7 Å². The first-order chi connectivity index (χ1) is 9.40. The molecule has 2 amide bonds. The number of carbonyl (C=O) groups is 3. The van der Waals surface area contributed by atoms with Gasteiger partial charge in [-0.3, -0.25) is 9.59 Å². The van der Waals surface area contributed by atoms with E-state index >= 15 is 0 Å². The molecule has 1 fully saturated rings. The molecule has 0 radical (unpaired) electrons. The SMILES string of the molecule is CC(=O)NC(CSC(C)C(=O)NC1CCCC1)C(=O)O. The Morgan fingerprint density at radius 3 is 2.40 bits per heavy atom. The molecule has 114 valence electrons. The van der Waals surface area contributed by atoms with Crippen molar-refractivity contribution in [3.05, 3.63) is 0 Å². The lowest BCUT2D eigenvalue weighted by Gasteiger charge is -2.18. The summed E-state index contributed by atoms with van der Waals surface area (Å²) in [6.07, 6.45) is 4.34. The Morgan fingerprint density at radius 1 is 1.30 bits per heavy atom. The van der Waals surface area contributed by atoms with Gasteiger partial charge in [0.25, 0.3) is 0 Å². The number of hydrogen-bond donors (Lipinski definition) is 3. The van der Waals surface area contributed by atoms with Crippen LogP contribution in [-0.4, -0.2) is 46.0 Å². The van der Waals surface area contributed by atoms with E-state index in [1.165, 1.54) is 18.7 Å². The number of carbonyl (C=O) groups excluding carboxylic acids is 2. The molecule has 2 unspecified atom stereocenters. The maximum Gasteiger partial charge on any atom is 0.327 e. The number of amides is 2. The van der Waals surface area contributed by atoms with Crippen LogP contribution in [0, 0.1) is 0 Å². The zero-order chi connectivity index (χ0) is 15.1. The molecule has 1 aliphatic carbocycles. The van der Waals surface area contributed by atoms with Gasteiger partial charge in [0.1, 0.15) is 6.04 Å². The van der Waals surface area contributed by atoms with E-state index < -0.39 is 12.0 Å². The van der Waals surface area contributed by atoms with Crippen molar-refractivity contribution in [2.75, 3.05) is 5.75 Å². The molecule has 1 rings (SSSR count). The van der Waals surface area contributed by atoms with E-state index in [0.717, 1.165) is 25.7 Å². The zero-order valence-electron chi connectivity index (χ0n) is 11.8. The first-order valence-corrected chi connectivity index (χ1v) is 7.87. The number of aliphatic carboxylic acids is 1. The van der Waals surface area contributed by atoms with Gasteiger partial charge < -0.3 is 15.7 Å². The molecular weight excluding hydrogens is 280 g/mol. The van der Waals surface area contributed by atoms with Crippen molar-refractivity contribution in [3.8, 4) is 0 Å². The summed E-state index contributed by atoms with van der Waals surface area (Å²) in [6.45, 7) is 3.03. The van der Waals surface area contributed by atoms with Gasteiger partial charge in [-0.05, 0) is 19.8 Å². The highest BCUT2D eigenvalue weighted by atomic mass is 32.2. The molecule has 0 aromatic rings. The smallest absolute Gasteiger partial charge is 0.327 e. The van der Waals surface area contributed by atoms with Crippen LogP contribution in [0.2, 0.25) is 0 Å². The van der Waals surface area contributed by atoms with Crippen LogP contribution in [-0.2, 0) is 14.4 Å². The molecule has 20 heavy (non-hydrogen) atoms. The summed E-state index contributed by atoms with van der Waals surface area (Å²) >= 11 is 1.24. The third kappa shape index (κ3) is 5.81. The lowest BCUT2D eigenvalue weighted by molar-refractivity contribution is -0.140. The Morgan fingerprint density at radius 2 is 1.90 bits per heavy atom. The van der Waals surface area contributed by atoms with Gasteiger partial charge in [-0.15, -0.1) is 11.8 Å². The van der Waals surface area contributed by atoms with Gasteiger partial charge in [-0.2, -0.15) is 0 Å². The highest BCUT2D eigenvalue weighted by Gasteiger charge is 2.24. The molecule has 6 nitrogen and oxygen atoms in total.